The number of rotatable bonds is 3. The predicted molar refractivity (Wildman–Crippen MR) is 73.1 cm³/mol. The van der Waals surface area contributed by atoms with Crippen LogP contribution in [0.25, 0.3) is 0 Å². The van der Waals surface area contributed by atoms with Crippen LogP contribution in [0.2, 0.25) is 0 Å². The zero-order valence-electron chi connectivity index (χ0n) is 10.6. The summed E-state index contributed by atoms with van der Waals surface area (Å²) >= 11 is 3.29. The zero-order valence-corrected chi connectivity index (χ0v) is 12.2. The van der Waals surface area contributed by atoms with Crippen LogP contribution in [0.3, 0.4) is 0 Å². The molecule has 1 aliphatic rings. The molecule has 1 aromatic heterocycles. The molecule has 1 unspecified atom stereocenters. The molecular formula is C12H16BrN3O3. The summed E-state index contributed by atoms with van der Waals surface area (Å²) in [7, 11) is 0. The van der Waals surface area contributed by atoms with Crippen molar-refractivity contribution >= 4 is 27.8 Å². The van der Waals surface area contributed by atoms with Crippen molar-refractivity contribution in [3.63, 3.8) is 0 Å². The van der Waals surface area contributed by atoms with E-state index < -0.39 is 12.0 Å². The first-order valence-electron chi connectivity index (χ1n) is 6.09. The standard InChI is InChI=1S/C12H16BrN3O3/c1-8(12(18)19)15-2-4-16(5-3-15)11(17)10-6-9(13)7-14-10/h6-8,14H,2-5H2,1H3,(H,18,19). The molecule has 0 saturated carbocycles. The maximum Gasteiger partial charge on any atom is 0.320 e. The second-order valence-corrected chi connectivity index (χ2v) is 5.49. The minimum Gasteiger partial charge on any atom is -0.480 e. The SMILES string of the molecule is CC(C(=O)O)N1CCN(C(=O)c2cc(Br)c[nH]2)CC1. The zero-order chi connectivity index (χ0) is 14.0. The van der Waals surface area contributed by atoms with E-state index in [1.807, 2.05) is 4.90 Å². The van der Waals surface area contributed by atoms with Gasteiger partial charge in [-0.3, -0.25) is 14.5 Å². The van der Waals surface area contributed by atoms with Crippen LogP contribution in [-0.2, 0) is 4.79 Å². The van der Waals surface area contributed by atoms with E-state index in [-0.39, 0.29) is 5.91 Å². The summed E-state index contributed by atoms with van der Waals surface area (Å²) in [6.07, 6.45) is 1.72. The molecule has 1 saturated heterocycles. The van der Waals surface area contributed by atoms with Crippen molar-refractivity contribution in [1.29, 1.82) is 0 Å². The number of aliphatic carboxylic acids is 1. The summed E-state index contributed by atoms with van der Waals surface area (Å²) in [6.45, 7) is 3.93. The highest BCUT2D eigenvalue weighted by Crippen LogP contribution is 2.14. The Balaban J connectivity index is 1.93. The normalized spacial score (nSPS) is 18.3. The number of nitrogens with one attached hydrogen (secondary N) is 1. The number of H-pyrrole nitrogens is 1. The average Bonchev–Trinajstić information content (AvgIpc) is 2.84. The molecule has 0 spiro atoms. The third-order valence-electron chi connectivity index (χ3n) is 3.38. The summed E-state index contributed by atoms with van der Waals surface area (Å²) in [4.78, 5) is 29.6. The molecule has 1 aromatic rings. The van der Waals surface area contributed by atoms with Gasteiger partial charge in [0.15, 0.2) is 0 Å². The van der Waals surface area contributed by atoms with Gasteiger partial charge in [-0.25, -0.2) is 0 Å². The number of amides is 1. The maximum atomic E-state index is 12.2. The van der Waals surface area contributed by atoms with Gasteiger partial charge in [-0.1, -0.05) is 0 Å². The lowest BCUT2D eigenvalue weighted by molar-refractivity contribution is -0.143. The topological polar surface area (TPSA) is 76.6 Å². The van der Waals surface area contributed by atoms with E-state index in [4.69, 9.17) is 5.11 Å². The largest absolute Gasteiger partial charge is 0.480 e. The lowest BCUT2D eigenvalue weighted by Gasteiger charge is -2.36. The first-order valence-corrected chi connectivity index (χ1v) is 6.88. The number of carboxylic acids is 1. The monoisotopic (exact) mass is 329 g/mol. The van der Waals surface area contributed by atoms with Crippen LogP contribution < -0.4 is 0 Å². The number of nitrogens with zero attached hydrogens (tertiary/aromatic N) is 2. The predicted octanol–water partition coefficient (Wildman–Crippen LogP) is 1.01. The number of aromatic amines is 1. The van der Waals surface area contributed by atoms with E-state index in [1.54, 1.807) is 24.1 Å². The Morgan fingerprint density at radius 3 is 2.47 bits per heavy atom. The summed E-state index contributed by atoms with van der Waals surface area (Å²) in [6, 6.07) is 1.24. The highest BCUT2D eigenvalue weighted by atomic mass is 79.9. The molecule has 19 heavy (non-hydrogen) atoms. The summed E-state index contributed by atoms with van der Waals surface area (Å²) in [5, 5.41) is 8.96. The molecule has 0 aromatic carbocycles. The number of halogens is 1. The Morgan fingerprint density at radius 2 is 2.00 bits per heavy atom. The van der Waals surface area contributed by atoms with Crippen LogP contribution in [0.5, 0.6) is 0 Å². The van der Waals surface area contributed by atoms with E-state index in [1.165, 1.54) is 0 Å². The number of carbonyl (C=O) groups excluding carboxylic acids is 1. The van der Waals surface area contributed by atoms with Crippen LogP contribution in [-0.4, -0.2) is 64.0 Å². The lowest BCUT2D eigenvalue weighted by Crippen LogP contribution is -2.53. The number of piperazine rings is 1. The summed E-state index contributed by atoms with van der Waals surface area (Å²) < 4.78 is 0.842. The van der Waals surface area contributed by atoms with Crippen LogP contribution in [0.15, 0.2) is 16.7 Å². The van der Waals surface area contributed by atoms with Gasteiger partial charge < -0.3 is 15.0 Å². The highest BCUT2D eigenvalue weighted by Gasteiger charge is 2.27. The van der Waals surface area contributed by atoms with E-state index in [9.17, 15) is 9.59 Å². The third kappa shape index (κ3) is 3.16. The minimum atomic E-state index is -0.826. The Hall–Kier alpha value is -1.34. The number of aromatic nitrogens is 1. The number of carbonyl (C=O) groups is 2. The molecule has 1 amide bonds. The molecule has 0 radical (unpaired) electrons. The van der Waals surface area contributed by atoms with Crippen molar-refractivity contribution in [1.82, 2.24) is 14.8 Å². The fraction of sp³-hybridized carbons (Fsp3) is 0.500. The van der Waals surface area contributed by atoms with Crippen molar-refractivity contribution in [2.45, 2.75) is 13.0 Å². The first-order chi connectivity index (χ1) is 8.99. The van der Waals surface area contributed by atoms with Gasteiger partial charge in [-0.05, 0) is 28.9 Å². The number of carboxylic acid groups (broad SMARTS) is 1. The fourth-order valence-corrected chi connectivity index (χ4v) is 2.47. The Labute approximate surface area is 119 Å². The van der Waals surface area contributed by atoms with Gasteiger partial charge in [0.2, 0.25) is 0 Å². The van der Waals surface area contributed by atoms with Crippen molar-refractivity contribution in [3.05, 3.63) is 22.4 Å². The third-order valence-corrected chi connectivity index (χ3v) is 3.84. The van der Waals surface area contributed by atoms with E-state index >= 15 is 0 Å². The molecule has 0 aliphatic carbocycles. The van der Waals surface area contributed by atoms with E-state index in [0.717, 1.165) is 4.47 Å². The molecule has 2 N–H and O–H groups in total. The van der Waals surface area contributed by atoms with Gasteiger partial charge in [0.05, 0.1) is 0 Å². The summed E-state index contributed by atoms with van der Waals surface area (Å²) in [5.41, 5.74) is 0.548. The quantitative estimate of drug-likeness (QED) is 0.867. The van der Waals surface area contributed by atoms with Gasteiger partial charge in [0.1, 0.15) is 11.7 Å². The highest BCUT2D eigenvalue weighted by molar-refractivity contribution is 9.10. The molecule has 7 heteroatoms. The van der Waals surface area contributed by atoms with Crippen molar-refractivity contribution in [2.75, 3.05) is 26.2 Å². The molecule has 6 nitrogen and oxygen atoms in total. The Kier molecular flexibility index (Phi) is 4.26. The van der Waals surface area contributed by atoms with Gasteiger partial charge >= 0.3 is 5.97 Å². The lowest BCUT2D eigenvalue weighted by atomic mass is 10.2. The molecule has 1 atom stereocenters. The molecular weight excluding hydrogens is 314 g/mol. The summed E-state index contributed by atoms with van der Waals surface area (Å²) in [5.74, 6) is -0.874. The van der Waals surface area contributed by atoms with Gasteiger partial charge in [0.25, 0.3) is 5.91 Å². The molecule has 2 rings (SSSR count). The van der Waals surface area contributed by atoms with Gasteiger partial charge in [0, 0.05) is 36.8 Å². The van der Waals surface area contributed by atoms with Crippen molar-refractivity contribution in [2.24, 2.45) is 0 Å². The Morgan fingerprint density at radius 1 is 1.37 bits per heavy atom. The van der Waals surface area contributed by atoms with E-state index in [2.05, 4.69) is 20.9 Å². The first kappa shape index (κ1) is 14.1. The smallest absolute Gasteiger partial charge is 0.320 e. The van der Waals surface area contributed by atoms with Crippen LogP contribution in [0.4, 0.5) is 0 Å². The van der Waals surface area contributed by atoms with Crippen molar-refractivity contribution in [3.8, 4) is 0 Å². The Bertz CT molecular complexity index is 480. The molecule has 1 fully saturated rings. The van der Waals surface area contributed by atoms with Crippen LogP contribution in [0.1, 0.15) is 17.4 Å². The van der Waals surface area contributed by atoms with Crippen LogP contribution in [0, 0.1) is 0 Å². The van der Waals surface area contributed by atoms with E-state index in [0.29, 0.717) is 31.9 Å². The fourth-order valence-electron chi connectivity index (χ4n) is 2.13. The second kappa shape index (κ2) is 5.75. The van der Waals surface area contributed by atoms with Crippen molar-refractivity contribution < 1.29 is 14.7 Å². The number of hydrogen-bond acceptors (Lipinski definition) is 3. The molecule has 2 heterocycles. The average molecular weight is 330 g/mol. The van der Waals surface area contributed by atoms with Gasteiger partial charge in [-0.15, -0.1) is 0 Å². The molecule has 1 aliphatic heterocycles. The number of hydrogen-bond donors (Lipinski definition) is 2. The minimum absolute atomic E-state index is 0.0478. The van der Waals surface area contributed by atoms with Gasteiger partial charge in [-0.2, -0.15) is 0 Å². The molecule has 0 bridgehead atoms. The van der Waals surface area contributed by atoms with Crippen LogP contribution >= 0.6 is 15.9 Å². The maximum absolute atomic E-state index is 12.2. The second-order valence-electron chi connectivity index (χ2n) is 4.57. The molecule has 104 valence electrons.